The number of ether oxygens (including phenoxy) is 1. The quantitative estimate of drug-likeness (QED) is 0.661. The van der Waals surface area contributed by atoms with E-state index in [1.807, 2.05) is 6.92 Å². The lowest BCUT2D eigenvalue weighted by Crippen LogP contribution is -2.54. The van der Waals surface area contributed by atoms with Crippen molar-refractivity contribution >= 4 is 5.78 Å². The average molecular weight is 316 g/mol. The zero-order valence-corrected chi connectivity index (χ0v) is 15.0. The molecule has 5 rings (SSSR count). The second kappa shape index (κ2) is 4.62. The maximum atomic E-state index is 12.2. The van der Waals surface area contributed by atoms with E-state index in [0.717, 1.165) is 30.1 Å². The molecule has 0 N–H and O–H groups in total. The number of hydrogen-bond acceptors (Lipinski definition) is 2. The van der Waals surface area contributed by atoms with E-state index < -0.39 is 0 Å². The summed E-state index contributed by atoms with van der Waals surface area (Å²) in [5.74, 6) is 4.30. The smallest absolute Gasteiger partial charge is 0.133 e. The van der Waals surface area contributed by atoms with E-state index in [1.54, 1.807) is 0 Å². The van der Waals surface area contributed by atoms with Gasteiger partial charge in [-0.25, -0.2) is 0 Å². The Morgan fingerprint density at radius 1 is 0.957 bits per heavy atom. The van der Waals surface area contributed by atoms with Crippen molar-refractivity contribution in [2.45, 2.75) is 84.3 Å². The molecule has 23 heavy (non-hydrogen) atoms. The normalized spacial score (nSPS) is 60.2. The summed E-state index contributed by atoms with van der Waals surface area (Å²) in [7, 11) is 0. The number of fused-ring (bicyclic) bond motifs is 6. The molecule has 2 unspecified atom stereocenters. The van der Waals surface area contributed by atoms with Crippen LogP contribution in [0.5, 0.6) is 0 Å². The van der Waals surface area contributed by atoms with E-state index in [4.69, 9.17) is 4.74 Å². The van der Waals surface area contributed by atoms with Crippen LogP contribution in [0.25, 0.3) is 0 Å². The van der Waals surface area contributed by atoms with Crippen molar-refractivity contribution < 1.29 is 9.53 Å². The largest absolute Gasteiger partial charge is 0.370 e. The van der Waals surface area contributed by atoms with Gasteiger partial charge in [0.1, 0.15) is 5.78 Å². The number of hydrogen-bond donors (Lipinski definition) is 0. The Bertz CT molecular complexity index is 542. The van der Waals surface area contributed by atoms with Crippen LogP contribution < -0.4 is 0 Å². The minimum atomic E-state index is 0.309. The molecule has 0 aromatic rings. The molecule has 2 heteroatoms. The molecule has 1 aliphatic heterocycles. The van der Waals surface area contributed by atoms with Crippen LogP contribution in [0.4, 0.5) is 0 Å². The lowest BCUT2D eigenvalue weighted by atomic mass is 9.45. The van der Waals surface area contributed by atoms with Gasteiger partial charge in [0, 0.05) is 5.92 Å². The lowest BCUT2D eigenvalue weighted by Gasteiger charge is -2.59. The molecule has 9 atom stereocenters. The first-order valence-corrected chi connectivity index (χ1v) is 10.1. The van der Waals surface area contributed by atoms with Gasteiger partial charge in [-0.3, -0.25) is 4.79 Å². The zero-order valence-electron chi connectivity index (χ0n) is 15.0. The predicted octanol–water partition coefficient (Wildman–Crippen LogP) is 4.61. The first-order valence-electron chi connectivity index (χ1n) is 10.1. The van der Waals surface area contributed by atoms with Crippen molar-refractivity contribution in [2.75, 3.05) is 0 Å². The summed E-state index contributed by atoms with van der Waals surface area (Å²) in [5.41, 5.74) is 0.833. The van der Waals surface area contributed by atoms with Gasteiger partial charge in [0.15, 0.2) is 0 Å². The van der Waals surface area contributed by atoms with Gasteiger partial charge in [0.25, 0.3) is 0 Å². The maximum absolute atomic E-state index is 12.2. The van der Waals surface area contributed by atoms with Crippen LogP contribution in [0.3, 0.4) is 0 Å². The molecular weight excluding hydrogens is 284 g/mol. The number of rotatable bonds is 1. The van der Waals surface area contributed by atoms with Crippen molar-refractivity contribution in [3.63, 3.8) is 0 Å². The summed E-state index contributed by atoms with van der Waals surface area (Å²) in [6, 6.07) is 0. The highest BCUT2D eigenvalue weighted by Crippen LogP contribution is 2.68. The third kappa shape index (κ3) is 1.88. The van der Waals surface area contributed by atoms with Crippen LogP contribution in [0.15, 0.2) is 0 Å². The molecule has 128 valence electrons. The van der Waals surface area contributed by atoms with Gasteiger partial charge in [0.2, 0.25) is 0 Å². The molecule has 0 bridgehead atoms. The Labute approximate surface area is 140 Å². The van der Waals surface area contributed by atoms with Gasteiger partial charge in [-0.05, 0) is 92.8 Å². The summed E-state index contributed by atoms with van der Waals surface area (Å²) in [4.78, 5) is 12.2. The van der Waals surface area contributed by atoms with E-state index in [0.29, 0.717) is 34.7 Å². The van der Waals surface area contributed by atoms with E-state index in [-0.39, 0.29) is 0 Å². The minimum Gasteiger partial charge on any atom is -0.370 e. The Balaban J connectivity index is 1.46. The molecule has 1 saturated heterocycles. The number of carbonyl (C=O) groups is 1. The van der Waals surface area contributed by atoms with Crippen LogP contribution in [-0.4, -0.2) is 18.0 Å². The zero-order chi connectivity index (χ0) is 16.0. The second-order valence-corrected chi connectivity index (χ2v) is 10.1. The number of Topliss-reactive ketones (excluding diaryl/α,β-unsaturated/α-hetero) is 1. The molecule has 0 spiro atoms. The topological polar surface area (TPSA) is 29.6 Å². The monoisotopic (exact) mass is 316 g/mol. The van der Waals surface area contributed by atoms with Crippen LogP contribution in [-0.2, 0) is 9.53 Å². The van der Waals surface area contributed by atoms with E-state index >= 15 is 0 Å². The van der Waals surface area contributed by atoms with Crippen LogP contribution in [0, 0.1) is 40.4 Å². The minimum absolute atomic E-state index is 0.309. The molecule has 5 fully saturated rings. The van der Waals surface area contributed by atoms with Crippen molar-refractivity contribution in [1.82, 2.24) is 0 Å². The fraction of sp³-hybridized carbons (Fsp3) is 0.952. The van der Waals surface area contributed by atoms with E-state index in [1.165, 1.54) is 44.9 Å². The predicted molar refractivity (Wildman–Crippen MR) is 89.9 cm³/mol. The highest BCUT2D eigenvalue weighted by molar-refractivity contribution is 5.79. The van der Waals surface area contributed by atoms with Crippen LogP contribution >= 0.6 is 0 Å². The first kappa shape index (κ1) is 14.9. The molecule has 5 aliphatic rings. The van der Waals surface area contributed by atoms with Gasteiger partial charge in [-0.2, -0.15) is 0 Å². The average Bonchev–Trinajstić information content (AvgIpc) is 3.13. The van der Waals surface area contributed by atoms with Gasteiger partial charge in [-0.1, -0.05) is 13.8 Å². The molecule has 0 aromatic heterocycles. The third-order valence-electron chi connectivity index (χ3n) is 9.40. The van der Waals surface area contributed by atoms with Gasteiger partial charge in [-0.15, -0.1) is 0 Å². The second-order valence-electron chi connectivity index (χ2n) is 10.1. The van der Waals surface area contributed by atoms with Crippen molar-refractivity contribution in [3.05, 3.63) is 0 Å². The molecule has 1 heterocycles. The van der Waals surface area contributed by atoms with Gasteiger partial charge in [0.05, 0.1) is 12.2 Å². The molecule has 4 saturated carbocycles. The Hall–Kier alpha value is -0.370. The first-order chi connectivity index (χ1) is 10.9. The Morgan fingerprint density at radius 2 is 1.74 bits per heavy atom. The van der Waals surface area contributed by atoms with Crippen LogP contribution in [0.2, 0.25) is 0 Å². The highest BCUT2D eigenvalue weighted by Gasteiger charge is 2.63. The van der Waals surface area contributed by atoms with E-state index in [9.17, 15) is 4.79 Å². The molecular formula is C21H32O2. The van der Waals surface area contributed by atoms with Crippen molar-refractivity contribution in [1.29, 1.82) is 0 Å². The number of epoxide rings is 1. The molecule has 4 aliphatic carbocycles. The molecule has 0 aromatic carbocycles. The van der Waals surface area contributed by atoms with Gasteiger partial charge < -0.3 is 4.74 Å². The van der Waals surface area contributed by atoms with Crippen molar-refractivity contribution in [2.24, 2.45) is 40.4 Å². The lowest BCUT2D eigenvalue weighted by molar-refractivity contribution is -0.132. The summed E-state index contributed by atoms with van der Waals surface area (Å²) in [5, 5.41) is 0. The molecule has 2 nitrogen and oxygen atoms in total. The SMILES string of the molecule is CC(=O)[C@H]1CC[C@H]2[C@@H]3CCC4C[C@H]5OC5C[C@]4(C)[C@H]3CC[C@]12C. The summed E-state index contributed by atoms with van der Waals surface area (Å²) < 4.78 is 5.92. The third-order valence-corrected chi connectivity index (χ3v) is 9.40. The van der Waals surface area contributed by atoms with Gasteiger partial charge >= 0.3 is 0 Å². The Morgan fingerprint density at radius 3 is 2.52 bits per heavy atom. The summed E-state index contributed by atoms with van der Waals surface area (Å²) in [6.07, 6.45) is 11.8. The maximum Gasteiger partial charge on any atom is 0.133 e. The summed E-state index contributed by atoms with van der Waals surface area (Å²) >= 11 is 0. The molecule has 0 radical (unpaired) electrons. The van der Waals surface area contributed by atoms with Crippen LogP contribution in [0.1, 0.15) is 72.1 Å². The highest BCUT2D eigenvalue weighted by atomic mass is 16.6. The fourth-order valence-electron chi connectivity index (χ4n) is 8.19. The van der Waals surface area contributed by atoms with E-state index in [2.05, 4.69) is 13.8 Å². The Kier molecular flexibility index (Phi) is 3.00. The van der Waals surface area contributed by atoms with Crippen molar-refractivity contribution in [3.8, 4) is 0 Å². The standard InChI is InChI=1S/C21H32O2/c1-12(22)15-6-7-16-14-5-4-13-10-18-19(23-18)11-21(13,3)17(14)8-9-20(15,16)2/h13-19H,4-11H2,1-3H3/t13?,14-,15+,16-,17-,18+,19?,20+,21-/m0/s1. The number of ketones is 1. The summed E-state index contributed by atoms with van der Waals surface area (Å²) in [6.45, 7) is 6.91. The fourth-order valence-corrected chi connectivity index (χ4v) is 8.19. The number of carbonyl (C=O) groups excluding carboxylic acids is 1. The molecule has 0 amide bonds.